The van der Waals surface area contributed by atoms with E-state index in [1.54, 1.807) is 24.0 Å². The van der Waals surface area contributed by atoms with Crippen LogP contribution in [-0.4, -0.2) is 108 Å². The minimum Gasteiger partial charge on any atom is -0.447 e. The van der Waals surface area contributed by atoms with E-state index in [0.29, 0.717) is 26.3 Å². The third kappa shape index (κ3) is 22.8. The number of hydrogen-bond donors (Lipinski definition) is 5. The number of methoxy groups -OCH3 is 2. The summed E-state index contributed by atoms with van der Waals surface area (Å²) in [6, 6.07) is 15.5. The van der Waals surface area contributed by atoms with Gasteiger partial charge in [0.1, 0.15) is 13.2 Å². The summed E-state index contributed by atoms with van der Waals surface area (Å²) < 4.78 is 20.3. The fourth-order valence-electron chi connectivity index (χ4n) is 7.39. The van der Waals surface area contributed by atoms with Gasteiger partial charge in [-0.25, -0.2) is 19.2 Å². The zero-order valence-electron chi connectivity index (χ0n) is 42.9. The maximum absolute atomic E-state index is 13.2. The number of hydrogen-bond acceptors (Lipinski definition) is 9. The van der Waals surface area contributed by atoms with Gasteiger partial charge in [0.2, 0.25) is 0 Å². The Hall–Kier alpha value is -4.60. The summed E-state index contributed by atoms with van der Waals surface area (Å²) in [5.74, 6) is 0. The van der Waals surface area contributed by atoms with Crippen LogP contribution in [0.2, 0.25) is 0 Å². The SMILES string of the molecule is COCCOC(=O)NC(C)(C)c1cccc(C(C)(C)NC(=O)N(C)CCCCCCCC(=N)CCCCCCCN(C)C(=O)NC(C)(C)c2cccc(C(C)(C)NC(=O)OCCOC)c2)c1.Cl. The largest absolute Gasteiger partial charge is 0.447 e. The maximum atomic E-state index is 13.2. The van der Waals surface area contributed by atoms with Crippen molar-refractivity contribution in [3.8, 4) is 0 Å². The van der Waals surface area contributed by atoms with Crippen LogP contribution in [0.15, 0.2) is 48.5 Å². The Bertz CT molecular complexity index is 1700. The molecular weight excluding hydrogens is 874 g/mol. The van der Waals surface area contributed by atoms with Crippen molar-refractivity contribution in [3.63, 3.8) is 0 Å². The number of nitrogens with zero attached hydrogens (tertiary/aromatic N) is 2. The first-order chi connectivity index (χ1) is 31.0. The molecule has 0 saturated heterocycles. The number of carbonyl (C=O) groups excluding carboxylic acids is 4. The van der Waals surface area contributed by atoms with Crippen molar-refractivity contribution in [2.75, 3.05) is 67.8 Å². The summed E-state index contributed by atoms with van der Waals surface area (Å²) in [6.45, 7) is 17.9. The van der Waals surface area contributed by atoms with Gasteiger partial charge in [-0.1, -0.05) is 87.1 Å². The number of alkyl carbamates (subject to hydrolysis) is 2. The van der Waals surface area contributed by atoms with Gasteiger partial charge in [0.25, 0.3) is 0 Å². The first-order valence-electron chi connectivity index (χ1n) is 23.8. The lowest BCUT2D eigenvalue weighted by atomic mass is 9.87. The second-order valence-electron chi connectivity index (χ2n) is 19.5. The van der Waals surface area contributed by atoms with Crippen LogP contribution >= 0.6 is 12.4 Å². The van der Waals surface area contributed by atoms with E-state index >= 15 is 0 Å². The average molecular weight is 961 g/mol. The number of rotatable bonds is 30. The molecule has 380 valence electrons. The Morgan fingerprint density at radius 3 is 1.12 bits per heavy atom. The highest BCUT2D eigenvalue weighted by molar-refractivity contribution is 5.85. The summed E-state index contributed by atoms with van der Waals surface area (Å²) >= 11 is 0. The summed E-state index contributed by atoms with van der Waals surface area (Å²) in [5.41, 5.74) is 1.79. The molecule has 0 heterocycles. The van der Waals surface area contributed by atoms with Crippen molar-refractivity contribution in [1.29, 1.82) is 5.41 Å². The quantitative estimate of drug-likeness (QED) is 0.0378. The molecule has 0 bridgehead atoms. The lowest BCUT2D eigenvalue weighted by Gasteiger charge is -2.32. The molecule has 0 atom stereocenters. The zero-order chi connectivity index (χ0) is 49.4. The first kappa shape index (κ1) is 60.4. The summed E-state index contributed by atoms with van der Waals surface area (Å²) in [7, 11) is 6.75. The van der Waals surface area contributed by atoms with Gasteiger partial charge in [-0.2, -0.15) is 0 Å². The molecule has 67 heavy (non-hydrogen) atoms. The number of halogens is 1. The lowest BCUT2D eigenvalue weighted by Crippen LogP contribution is -2.47. The van der Waals surface area contributed by atoms with Crippen LogP contribution in [0.4, 0.5) is 19.2 Å². The second-order valence-corrected chi connectivity index (χ2v) is 19.5. The van der Waals surface area contributed by atoms with E-state index < -0.39 is 34.3 Å². The van der Waals surface area contributed by atoms with Crippen molar-refractivity contribution in [3.05, 3.63) is 70.8 Å². The van der Waals surface area contributed by atoms with Crippen molar-refractivity contribution >= 4 is 42.4 Å². The monoisotopic (exact) mass is 960 g/mol. The molecule has 5 N–H and O–H groups in total. The molecule has 16 heteroatoms. The van der Waals surface area contributed by atoms with Crippen molar-refractivity contribution < 1.29 is 38.1 Å². The van der Waals surface area contributed by atoms with Gasteiger partial charge < -0.3 is 55.4 Å². The van der Waals surface area contributed by atoms with Crippen LogP contribution in [0.25, 0.3) is 0 Å². The summed E-state index contributed by atoms with van der Waals surface area (Å²) in [4.78, 5) is 54.4. The van der Waals surface area contributed by atoms with E-state index in [0.717, 1.165) is 105 Å². The van der Waals surface area contributed by atoms with Gasteiger partial charge >= 0.3 is 24.2 Å². The zero-order valence-corrected chi connectivity index (χ0v) is 43.7. The number of amides is 6. The number of carbonyl (C=O) groups is 4. The molecule has 2 aromatic rings. The van der Waals surface area contributed by atoms with E-state index in [2.05, 4.69) is 21.3 Å². The Morgan fingerprint density at radius 1 is 0.493 bits per heavy atom. The van der Waals surface area contributed by atoms with Gasteiger partial charge in [-0.05, 0) is 116 Å². The van der Waals surface area contributed by atoms with Crippen LogP contribution in [0.5, 0.6) is 0 Å². The van der Waals surface area contributed by atoms with Crippen LogP contribution in [0.3, 0.4) is 0 Å². The molecule has 0 spiro atoms. The van der Waals surface area contributed by atoms with Crippen molar-refractivity contribution in [1.82, 2.24) is 31.1 Å². The van der Waals surface area contributed by atoms with Crippen LogP contribution in [0.1, 0.15) is 155 Å². The van der Waals surface area contributed by atoms with Gasteiger partial charge in [-0.3, -0.25) is 0 Å². The van der Waals surface area contributed by atoms with Crippen LogP contribution in [0, 0.1) is 5.41 Å². The molecule has 6 amide bonds. The highest BCUT2D eigenvalue weighted by Crippen LogP contribution is 2.29. The lowest BCUT2D eigenvalue weighted by molar-refractivity contribution is 0.0927. The first-order valence-corrected chi connectivity index (χ1v) is 23.8. The predicted octanol–water partition coefficient (Wildman–Crippen LogP) is 10.5. The van der Waals surface area contributed by atoms with E-state index in [1.807, 2.05) is 118 Å². The standard InChI is InChI=1S/C51H85N7O8.ClH/c1-48(2,39-25-23-27-41(37-39)50(5,6)55-46(61)65-35-33-63-11)53-44(59)57(9)31-21-17-13-15-19-29-43(52)30-20-16-14-18-22-32-58(10)45(60)54-49(3,4)40-26-24-28-42(38-40)51(7,8)56-47(62)66-36-34-64-12;/h23-28,37-38,52H,13-22,29-36H2,1-12H3,(H,53,59)(H,54,60)(H,55,61)(H,56,62);1H. The van der Waals surface area contributed by atoms with Crippen molar-refractivity contribution in [2.45, 2.75) is 155 Å². The Morgan fingerprint density at radius 2 is 0.791 bits per heavy atom. The molecular formula is C51H86ClN7O8. The highest BCUT2D eigenvalue weighted by Gasteiger charge is 2.30. The Balaban J connectivity index is 0.0000224. The second kappa shape index (κ2) is 30.0. The molecule has 2 aromatic carbocycles. The number of nitrogens with one attached hydrogen (secondary N) is 5. The van der Waals surface area contributed by atoms with E-state index in [9.17, 15) is 19.2 Å². The fraction of sp³-hybridized carbons (Fsp3) is 0.667. The molecule has 0 saturated carbocycles. The smallest absolute Gasteiger partial charge is 0.407 e. The van der Waals surface area contributed by atoms with Crippen molar-refractivity contribution in [2.24, 2.45) is 0 Å². The molecule has 0 aliphatic rings. The fourth-order valence-corrected chi connectivity index (χ4v) is 7.39. The van der Waals surface area contributed by atoms with E-state index in [-0.39, 0.29) is 37.7 Å². The Labute approximate surface area is 408 Å². The number of unbranched alkanes of at least 4 members (excludes halogenated alkanes) is 8. The molecule has 0 aliphatic carbocycles. The minimum absolute atomic E-state index is 0. The predicted molar refractivity (Wildman–Crippen MR) is 270 cm³/mol. The molecule has 0 radical (unpaired) electrons. The molecule has 0 fully saturated rings. The normalized spacial score (nSPS) is 11.8. The minimum atomic E-state index is -0.693. The van der Waals surface area contributed by atoms with Crippen LogP contribution in [-0.2, 0) is 41.1 Å². The molecule has 0 aliphatic heterocycles. The van der Waals surface area contributed by atoms with Gasteiger partial charge in [-0.15, -0.1) is 12.4 Å². The van der Waals surface area contributed by atoms with Crippen LogP contribution < -0.4 is 21.3 Å². The molecule has 0 unspecified atom stereocenters. The third-order valence-electron chi connectivity index (χ3n) is 12.0. The van der Waals surface area contributed by atoms with Gasteiger partial charge in [0.15, 0.2) is 0 Å². The van der Waals surface area contributed by atoms with Gasteiger partial charge in [0, 0.05) is 47.1 Å². The Kier molecular flexibility index (Phi) is 27.1. The summed E-state index contributed by atoms with van der Waals surface area (Å²) in [5, 5.41) is 20.6. The van der Waals surface area contributed by atoms with Gasteiger partial charge in [0.05, 0.1) is 35.4 Å². The number of benzene rings is 2. The number of ether oxygens (including phenoxy) is 4. The van der Waals surface area contributed by atoms with E-state index in [4.69, 9.17) is 24.4 Å². The third-order valence-corrected chi connectivity index (χ3v) is 12.0. The number of urea groups is 2. The molecule has 15 nitrogen and oxygen atoms in total. The molecule has 2 rings (SSSR count). The molecule has 0 aromatic heterocycles. The summed E-state index contributed by atoms with van der Waals surface area (Å²) in [6.07, 6.45) is 10.9. The topological polar surface area (TPSA) is 184 Å². The van der Waals surface area contributed by atoms with E-state index in [1.165, 1.54) is 0 Å². The highest BCUT2D eigenvalue weighted by atomic mass is 35.5. The maximum Gasteiger partial charge on any atom is 0.407 e. The average Bonchev–Trinajstić information content (AvgIpc) is 3.25.